The molecule has 0 unspecified atom stereocenters. The smallest absolute Gasteiger partial charge is 0.131 e. The highest BCUT2D eigenvalue weighted by Crippen LogP contribution is 2.26. The Bertz CT molecular complexity index is 279. The van der Waals surface area contributed by atoms with Gasteiger partial charge in [0, 0.05) is 0 Å². The van der Waals surface area contributed by atoms with Gasteiger partial charge in [0.1, 0.15) is 40.0 Å². The monoisotopic (exact) mass is 254 g/mol. The molecule has 2 aliphatic rings. The highest BCUT2D eigenvalue weighted by molar-refractivity contribution is 8.68. The van der Waals surface area contributed by atoms with Crippen LogP contribution in [0.2, 0.25) is 0 Å². The van der Waals surface area contributed by atoms with Gasteiger partial charge in [-0.1, -0.05) is 0 Å². The van der Waals surface area contributed by atoms with Gasteiger partial charge in [0.2, 0.25) is 0 Å². The highest BCUT2D eigenvalue weighted by Gasteiger charge is 2.19. The minimum atomic E-state index is -0.691. The van der Waals surface area contributed by atoms with Crippen molar-refractivity contribution in [2.45, 2.75) is 0 Å². The number of nitrogens with zero attached hydrogens (tertiary/aromatic N) is 4. The molecule has 2 rings (SSSR count). The predicted octanol–water partition coefficient (Wildman–Crippen LogP) is 2.10. The minimum absolute atomic E-state index is 0.423. The molecule has 4 atom stereocenters. The Morgan fingerprint density at radius 1 is 0.700 bits per heavy atom. The van der Waals surface area contributed by atoms with Crippen molar-refractivity contribution in [1.82, 2.24) is 0 Å². The summed E-state index contributed by atoms with van der Waals surface area (Å²) in [6, 6.07) is 0. The molecule has 58 valence electrons. The molecule has 0 radical (unpaired) electrons. The van der Waals surface area contributed by atoms with E-state index in [1.54, 1.807) is 0 Å². The molecule has 0 aliphatic carbocycles. The molecule has 2 aliphatic heterocycles. The van der Waals surface area contributed by atoms with Gasteiger partial charge in [0.25, 0.3) is 0 Å². The number of rotatable bonds is 0. The van der Waals surface area contributed by atoms with Crippen LogP contribution in [-0.4, -0.2) is 0 Å². The number of halogens is 2. The molecule has 0 N–H and O–H groups in total. The summed E-state index contributed by atoms with van der Waals surface area (Å²) in [5.41, 5.74) is 0. The van der Waals surface area contributed by atoms with E-state index in [2.05, 4.69) is 15.1 Å². The lowest BCUT2D eigenvalue weighted by molar-refractivity contribution is 1.92. The molecule has 0 spiro atoms. The quantitative estimate of drug-likeness (QED) is 0.595. The van der Waals surface area contributed by atoms with Crippen molar-refractivity contribution in [2.75, 3.05) is 0 Å². The lowest BCUT2D eigenvalue weighted by Crippen LogP contribution is -1.77. The molecule has 0 aromatic rings. The van der Waals surface area contributed by atoms with Crippen LogP contribution in [0.25, 0.3) is 0 Å². The Morgan fingerprint density at radius 2 is 1.10 bits per heavy atom. The molecule has 0 fully saturated rings. The van der Waals surface area contributed by atoms with E-state index in [1.165, 1.54) is 0 Å². The second-order valence-corrected chi connectivity index (χ2v) is 8.83. The van der Waals surface area contributed by atoms with Gasteiger partial charge in [0.05, 0.1) is 0 Å². The van der Waals surface area contributed by atoms with Crippen LogP contribution in [0.1, 0.15) is 0 Å². The second kappa shape index (κ2) is 2.91. The summed E-state index contributed by atoms with van der Waals surface area (Å²) in [5.74, 6) is 0. The van der Waals surface area contributed by atoms with Crippen molar-refractivity contribution < 1.29 is 0 Å². The summed E-state index contributed by atoms with van der Waals surface area (Å²) in [7, 11) is 8.99. The van der Waals surface area contributed by atoms with Gasteiger partial charge >= 0.3 is 0 Å². The molecule has 10 heavy (non-hydrogen) atoms. The van der Waals surface area contributed by atoms with Crippen LogP contribution in [0.5, 0.6) is 0 Å². The molecule has 10 heteroatoms. The average Bonchev–Trinajstić information content (AvgIpc) is 2.21. The van der Waals surface area contributed by atoms with Crippen LogP contribution in [0.15, 0.2) is 15.1 Å². The lowest BCUT2D eigenvalue weighted by Gasteiger charge is -1.78. The maximum Gasteiger partial charge on any atom is 0.135 e. The van der Waals surface area contributed by atoms with Gasteiger partial charge in [-0.25, -0.2) is 0 Å². The average molecular weight is 255 g/mol. The maximum atomic E-state index is 5.61. The van der Waals surface area contributed by atoms with E-state index in [0.29, 0.717) is 0 Å². The van der Waals surface area contributed by atoms with Crippen molar-refractivity contribution in [3.63, 3.8) is 0 Å². The summed E-state index contributed by atoms with van der Waals surface area (Å²) >= 11 is 0. The van der Waals surface area contributed by atoms with Gasteiger partial charge < -0.3 is 0 Å². The third kappa shape index (κ3) is 1.37. The van der Waals surface area contributed by atoms with Gasteiger partial charge in [-0.05, 0) is 21.4 Å². The molecular weight excluding hydrogens is 255 g/mol. The summed E-state index contributed by atoms with van der Waals surface area (Å²) in [6.45, 7) is 0. The summed E-state index contributed by atoms with van der Waals surface area (Å²) in [6.07, 6.45) is 0. The Morgan fingerprint density at radius 3 is 1.50 bits per heavy atom. The van der Waals surface area contributed by atoms with E-state index in [0.717, 1.165) is 0 Å². The zero-order chi connectivity index (χ0) is 7.14. The Hall–Kier alpha value is 1.18. The van der Waals surface area contributed by atoms with Gasteiger partial charge in [-0.2, -0.15) is 0 Å². The molecule has 4 nitrogen and oxygen atoms in total. The fourth-order valence-electron chi connectivity index (χ4n) is 0.374. The number of hydrogen-bond donors (Lipinski definition) is 0. The molecular formula is Cl2N4S4. The van der Waals surface area contributed by atoms with Crippen LogP contribution in [0, 0.1) is 0 Å². The summed E-state index contributed by atoms with van der Waals surface area (Å²) in [5, 5.41) is 0. The van der Waals surface area contributed by atoms with E-state index in [1.807, 2.05) is 0 Å². The SMILES string of the molecule is Cl[S@@]1=N[S@]2=N[S@@](Cl)=N[S@]2=N1. The first-order chi connectivity index (χ1) is 4.75. The van der Waals surface area contributed by atoms with Crippen LogP contribution in [0.3, 0.4) is 0 Å². The van der Waals surface area contributed by atoms with Gasteiger partial charge in [0.15, 0.2) is 0 Å². The highest BCUT2D eigenvalue weighted by atomic mass is 35.7. The molecule has 0 bridgehead atoms. The van der Waals surface area contributed by atoms with E-state index in [4.69, 9.17) is 21.4 Å². The fourth-order valence-corrected chi connectivity index (χ4v) is 11.5. The van der Waals surface area contributed by atoms with E-state index < -0.39 is 40.0 Å². The van der Waals surface area contributed by atoms with Crippen LogP contribution >= 0.6 is 21.4 Å². The fraction of sp³-hybridized carbons (Fsp3) is 0. The first-order valence-electron chi connectivity index (χ1n) is 1.94. The molecule has 2 heterocycles. The Balaban J connectivity index is 2.49. The largest absolute Gasteiger partial charge is 0.135 e. The number of fused-ring (bicyclic) bond motifs is 1. The van der Waals surface area contributed by atoms with Gasteiger partial charge in [-0.3, -0.25) is 0 Å². The topological polar surface area (TPSA) is 49.4 Å². The van der Waals surface area contributed by atoms with Crippen molar-refractivity contribution in [3.05, 3.63) is 0 Å². The molecule has 0 aromatic heterocycles. The normalized spacial score (nSPS) is 50.2. The third-order valence-corrected chi connectivity index (χ3v) is 9.93. The lowest BCUT2D eigenvalue weighted by atomic mass is 13.9. The van der Waals surface area contributed by atoms with Crippen molar-refractivity contribution in [2.24, 2.45) is 15.1 Å². The first kappa shape index (κ1) is 7.81. The van der Waals surface area contributed by atoms with Gasteiger partial charge in [-0.15, -0.1) is 15.1 Å². The van der Waals surface area contributed by atoms with Crippen molar-refractivity contribution in [3.8, 4) is 0 Å². The molecule has 0 saturated carbocycles. The van der Waals surface area contributed by atoms with E-state index in [-0.39, 0.29) is 0 Å². The first-order valence-corrected chi connectivity index (χ1v) is 8.66. The standard InChI is InChI=1S/Cl2N4S4/c1-7-3-9-5-8(2)6-10(9)4-7/t7-,8-,9-,10+. The molecule has 0 amide bonds. The van der Waals surface area contributed by atoms with Crippen LogP contribution < -0.4 is 0 Å². The van der Waals surface area contributed by atoms with Crippen molar-refractivity contribution >= 4 is 61.4 Å². The second-order valence-electron chi connectivity index (χ2n) is 1.20. The summed E-state index contributed by atoms with van der Waals surface area (Å²) < 4.78 is 16.1. The molecule has 0 saturated heterocycles. The Labute approximate surface area is 76.0 Å². The maximum absolute atomic E-state index is 5.61. The minimum Gasteiger partial charge on any atom is -0.131 e. The van der Waals surface area contributed by atoms with E-state index in [9.17, 15) is 0 Å². The zero-order valence-corrected chi connectivity index (χ0v) is 8.96. The zero-order valence-electron chi connectivity index (χ0n) is 4.18. The van der Waals surface area contributed by atoms with Crippen LogP contribution in [-0.2, 0) is 40.0 Å². The van der Waals surface area contributed by atoms with Crippen molar-refractivity contribution in [1.29, 1.82) is 0 Å². The third-order valence-electron chi connectivity index (χ3n) is 0.634. The number of hydrogen-bond acceptors (Lipinski definition) is 4. The Kier molecular flexibility index (Phi) is 2.27. The van der Waals surface area contributed by atoms with Crippen LogP contribution in [0.4, 0.5) is 0 Å². The predicted molar refractivity (Wildman–Crippen MR) is 50.9 cm³/mol. The summed E-state index contributed by atoms with van der Waals surface area (Å²) in [4.78, 5) is 0. The van der Waals surface area contributed by atoms with E-state index >= 15 is 0 Å². The molecule has 0 aromatic carbocycles.